The lowest BCUT2D eigenvalue weighted by molar-refractivity contribution is -0.646. The van der Waals surface area contributed by atoms with E-state index in [0.717, 1.165) is 20.6 Å². The highest BCUT2D eigenvalue weighted by Gasteiger charge is 2.37. The summed E-state index contributed by atoms with van der Waals surface area (Å²) in [4.78, 5) is 39.7. The van der Waals surface area contributed by atoms with E-state index >= 15 is 0 Å². The summed E-state index contributed by atoms with van der Waals surface area (Å²) in [5, 5.41) is 18.0. The van der Waals surface area contributed by atoms with E-state index in [1.54, 1.807) is 6.07 Å². The average Bonchev–Trinajstić information content (AvgIpc) is 3.22. The Labute approximate surface area is 225 Å². The molecule has 1 unspecified atom stereocenters. The quantitative estimate of drug-likeness (QED) is 0.321. The second-order valence-electron chi connectivity index (χ2n) is 9.68. The molecule has 38 heavy (non-hydrogen) atoms. The molecule has 0 radical (unpaired) electrons. The molecule has 3 aromatic rings. The van der Waals surface area contributed by atoms with Crippen molar-refractivity contribution in [2.24, 2.45) is 5.92 Å². The molecule has 2 atom stereocenters. The Morgan fingerprint density at radius 2 is 1.92 bits per heavy atom. The fourth-order valence-corrected chi connectivity index (χ4v) is 6.83. The van der Waals surface area contributed by atoms with E-state index in [1.807, 2.05) is 38.1 Å². The maximum atomic E-state index is 13.2. The van der Waals surface area contributed by atoms with Gasteiger partial charge in [-0.3, -0.25) is 14.4 Å². The van der Waals surface area contributed by atoms with E-state index in [0.29, 0.717) is 17.7 Å². The molecule has 2 N–H and O–H groups in total. The minimum Gasteiger partial charge on any atom is -0.618 e. The summed E-state index contributed by atoms with van der Waals surface area (Å²) < 4.78 is 28.2. The molecule has 0 spiro atoms. The number of sulfonamides is 1. The van der Waals surface area contributed by atoms with Crippen molar-refractivity contribution in [3.05, 3.63) is 64.8 Å². The molecule has 0 saturated carbocycles. The molecule has 10 nitrogen and oxygen atoms in total. The van der Waals surface area contributed by atoms with Gasteiger partial charge in [0.1, 0.15) is 6.04 Å². The molecular weight excluding hydrogens is 528 g/mol. The van der Waals surface area contributed by atoms with E-state index < -0.39 is 45.4 Å². The number of amides is 2. The van der Waals surface area contributed by atoms with Crippen molar-refractivity contribution in [1.29, 1.82) is 0 Å². The normalized spacial score (nSPS) is 17.8. The van der Waals surface area contributed by atoms with Crippen LogP contribution in [0.15, 0.2) is 59.8 Å². The fraction of sp³-hybridized carbons (Fsp3) is 0.385. The number of pyridine rings is 1. The molecule has 202 valence electrons. The molecule has 0 bridgehead atoms. The Kier molecular flexibility index (Phi) is 8.44. The number of ketones is 1. The first-order valence-electron chi connectivity index (χ1n) is 12.4. The summed E-state index contributed by atoms with van der Waals surface area (Å²) in [5.74, 6) is -1.26. The van der Waals surface area contributed by atoms with Crippen LogP contribution in [0.3, 0.4) is 0 Å². The van der Waals surface area contributed by atoms with Crippen molar-refractivity contribution < 1.29 is 27.5 Å². The van der Waals surface area contributed by atoms with Gasteiger partial charge in [0, 0.05) is 23.4 Å². The van der Waals surface area contributed by atoms with Crippen molar-refractivity contribution in [1.82, 2.24) is 14.9 Å². The number of hydrogen-bond acceptors (Lipinski definition) is 7. The highest BCUT2D eigenvalue weighted by molar-refractivity contribution is 7.89. The van der Waals surface area contributed by atoms with E-state index in [2.05, 4.69) is 10.6 Å². The summed E-state index contributed by atoms with van der Waals surface area (Å²) in [6.45, 7) is 3.42. The van der Waals surface area contributed by atoms with Crippen LogP contribution in [0.25, 0.3) is 10.1 Å². The summed E-state index contributed by atoms with van der Waals surface area (Å²) in [5.41, 5.74) is 0. The van der Waals surface area contributed by atoms with Crippen LogP contribution in [-0.4, -0.2) is 55.5 Å². The largest absolute Gasteiger partial charge is 0.618 e. The van der Waals surface area contributed by atoms with Gasteiger partial charge >= 0.3 is 15.0 Å². The number of rotatable bonds is 8. The molecule has 2 amide bonds. The Bertz CT molecular complexity index is 1420. The first-order valence-corrected chi connectivity index (χ1v) is 14.6. The standard InChI is InChI=1S/C26H30N4O6S2/c1-17(2)14-20(28-26(33)23-15-18-8-3-4-10-22(18)37-23)25(32)27-19-9-7-12-29(16-21(19)31)38(35,36)24-11-5-6-13-30(24)34/h3-6,8,10-11,13,15,17,19-20H,7,9,12,14,16H2,1-2H3,(H,27,32)(H,28,33)/t19-,20?/m0/s1. The lowest BCUT2D eigenvalue weighted by Crippen LogP contribution is -2.52. The smallest absolute Gasteiger partial charge is 0.323 e. The third-order valence-corrected chi connectivity index (χ3v) is 9.26. The van der Waals surface area contributed by atoms with Gasteiger partial charge in [0.2, 0.25) is 5.91 Å². The molecule has 3 heterocycles. The zero-order valence-electron chi connectivity index (χ0n) is 21.1. The van der Waals surface area contributed by atoms with Crippen LogP contribution in [0.2, 0.25) is 0 Å². The Hall–Kier alpha value is -3.35. The van der Waals surface area contributed by atoms with Crippen LogP contribution >= 0.6 is 11.3 Å². The van der Waals surface area contributed by atoms with Gasteiger partial charge in [-0.05, 0) is 48.8 Å². The van der Waals surface area contributed by atoms with Gasteiger partial charge in [0.05, 0.1) is 17.5 Å². The van der Waals surface area contributed by atoms with Crippen molar-refractivity contribution in [2.45, 2.75) is 50.2 Å². The predicted molar refractivity (Wildman–Crippen MR) is 143 cm³/mol. The minimum atomic E-state index is -4.20. The van der Waals surface area contributed by atoms with Crippen LogP contribution in [-0.2, 0) is 19.6 Å². The highest BCUT2D eigenvalue weighted by Crippen LogP contribution is 2.25. The zero-order valence-corrected chi connectivity index (χ0v) is 22.8. The second kappa shape index (κ2) is 11.6. The third kappa shape index (κ3) is 6.20. The molecule has 1 aliphatic rings. The molecule has 1 fully saturated rings. The van der Waals surface area contributed by atoms with E-state index in [4.69, 9.17) is 0 Å². The SMILES string of the molecule is CC(C)CC(NC(=O)c1cc2ccccc2s1)C(=O)N[C@H]1CCCN(S(=O)(=O)c2cccc[n+]2[O-])CC1=O. The zero-order chi connectivity index (χ0) is 27.4. The molecule has 1 aromatic carbocycles. The molecule has 4 rings (SSSR count). The minimum absolute atomic E-state index is 0.0352. The molecule has 0 aliphatic carbocycles. The fourth-order valence-electron chi connectivity index (χ4n) is 4.40. The summed E-state index contributed by atoms with van der Waals surface area (Å²) in [6, 6.07) is 11.7. The first-order chi connectivity index (χ1) is 18.1. The number of aromatic nitrogens is 1. The number of hydrogen-bond donors (Lipinski definition) is 2. The number of nitrogens with one attached hydrogen (secondary N) is 2. The molecule has 1 saturated heterocycles. The van der Waals surface area contributed by atoms with E-state index in [9.17, 15) is 28.0 Å². The number of carbonyl (C=O) groups is 3. The van der Waals surface area contributed by atoms with Crippen LogP contribution < -0.4 is 15.4 Å². The number of nitrogens with zero attached hydrogens (tertiary/aromatic N) is 2. The number of carbonyl (C=O) groups excluding carboxylic acids is 3. The van der Waals surface area contributed by atoms with Crippen molar-refractivity contribution in [2.75, 3.05) is 13.1 Å². The Balaban J connectivity index is 1.45. The van der Waals surface area contributed by atoms with Gasteiger partial charge < -0.3 is 15.8 Å². The van der Waals surface area contributed by atoms with E-state index in [-0.39, 0.29) is 29.5 Å². The highest BCUT2D eigenvalue weighted by atomic mass is 32.2. The van der Waals surface area contributed by atoms with Gasteiger partial charge in [0.25, 0.3) is 5.91 Å². The second-order valence-corrected chi connectivity index (χ2v) is 12.6. The van der Waals surface area contributed by atoms with E-state index in [1.165, 1.54) is 29.5 Å². The summed E-state index contributed by atoms with van der Waals surface area (Å²) >= 11 is 1.33. The van der Waals surface area contributed by atoms with Crippen LogP contribution in [0.1, 0.15) is 42.8 Å². The van der Waals surface area contributed by atoms with Crippen LogP contribution in [0.4, 0.5) is 0 Å². The molecule has 2 aromatic heterocycles. The number of fused-ring (bicyclic) bond motifs is 1. The van der Waals surface area contributed by atoms with Crippen molar-refractivity contribution in [3.63, 3.8) is 0 Å². The maximum absolute atomic E-state index is 13.2. The summed E-state index contributed by atoms with van der Waals surface area (Å²) in [6.07, 6.45) is 1.99. The van der Waals surface area contributed by atoms with Crippen LogP contribution in [0.5, 0.6) is 0 Å². The van der Waals surface area contributed by atoms with Crippen molar-refractivity contribution in [3.8, 4) is 0 Å². The van der Waals surface area contributed by atoms with Crippen molar-refractivity contribution >= 4 is 49.0 Å². The number of benzene rings is 1. The van der Waals surface area contributed by atoms with Gasteiger partial charge in [-0.15, -0.1) is 11.3 Å². The number of thiophene rings is 1. The molecular formula is C26H30N4O6S2. The van der Waals surface area contributed by atoms with Gasteiger partial charge in [-0.1, -0.05) is 32.0 Å². The number of Topliss-reactive ketones (excluding diaryl/α,β-unsaturated/α-hetero) is 1. The maximum Gasteiger partial charge on any atom is 0.323 e. The average molecular weight is 559 g/mol. The Morgan fingerprint density at radius 3 is 2.63 bits per heavy atom. The lowest BCUT2D eigenvalue weighted by Gasteiger charge is -2.23. The molecule has 12 heteroatoms. The van der Waals surface area contributed by atoms with Gasteiger partial charge in [-0.2, -0.15) is 9.04 Å². The third-order valence-electron chi connectivity index (χ3n) is 6.31. The first kappa shape index (κ1) is 27.7. The Morgan fingerprint density at radius 1 is 1.18 bits per heavy atom. The monoisotopic (exact) mass is 558 g/mol. The van der Waals surface area contributed by atoms with Crippen LogP contribution in [0, 0.1) is 11.1 Å². The lowest BCUT2D eigenvalue weighted by atomic mass is 10.0. The summed E-state index contributed by atoms with van der Waals surface area (Å²) in [7, 11) is -4.20. The van der Waals surface area contributed by atoms with Gasteiger partial charge in [0.15, 0.2) is 12.0 Å². The van der Waals surface area contributed by atoms with Gasteiger partial charge in [-0.25, -0.2) is 8.42 Å². The molecule has 1 aliphatic heterocycles. The topological polar surface area (TPSA) is 140 Å². The predicted octanol–water partition coefficient (Wildman–Crippen LogP) is 2.22.